The Morgan fingerprint density at radius 3 is 2.35 bits per heavy atom. The molecule has 0 atom stereocenters. The maximum absolute atomic E-state index is 12.3. The summed E-state index contributed by atoms with van der Waals surface area (Å²) >= 11 is 3.46. The van der Waals surface area contributed by atoms with Crippen LogP contribution in [0.4, 0.5) is 5.69 Å². The molecule has 3 rings (SSSR count). The van der Waals surface area contributed by atoms with Gasteiger partial charge in [0.15, 0.2) is 0 Å². The number of carbonyl (C=O) groups excluding carboxylic acids is 1. The number of benzene rings is 2. The van der Waals surface area contributed by atoms with Gasteiger partial charge >= 0.3 is 0 Å². The SMILES string of the molecule is O=C(Nc1ccccc1)C1CCN(Cc2ccc(Br)cc2)CC1. The molecule has 0 aromatic heterocycles. The molecule has 3 nitrogen and oxygen atoms in total. The maximum Gasteiger partial charge on any atom is 0.227 e. The molecule has 1 aliphatic heterocycles. The van der Waals surface area contributed by atoms with Crippen molar-refractivity contribution in [3.8, 4) is 0 Å². The molecule has 1 amide bonds. The Hall–Kier alpha value is -1.65. The molecule has 0 aliphatic carbocycles. The van der Waals surface area contributed by atoms with Crippen LogP contribution < -0.4 is 5.32 Å². The molecule has 1 fully saturated rings. The van der Waals surface area contributed by atoms with Gasteiger partial charge in [0.05, 0.1) is 0 Å². The zero-order chi connectivity index (χ0) is 16.1. The van der Waals surface area contributed by atoms with E-state index >= 15 is 0 Å². The first-order valence-corrected chi connectivity index (χ1v) is 8.83. The van der Waals surface area contributed by atoms with Crippen molar-refractivity contribution in [3.05, 3.63) is 64.6 Å². The number of hydrogen-bond acceptors (Lipinski definition) is 2. The number of hydrogen-bond donors (Lipinski definition) is 1. The molecule has 1 N–H and O–H groups in total. The van der Waals surface area contributed by atoms with E-state index in [1.807, 2.05) is 30.3 Å². The van der Waals surface area contributed by atoms with E-state index in [-0.39, 0.29) is 11.8 Å². The third-order valence-corrected chi connectivity index (χ3v) is 4.85. The molecule has 120 valence electrons. The largest absolute Gasteiger partial charge is 0.326 e. The van der Waals surface area contributed by atoms with E-state index in [4.69, 9.17) is 0 Å². The summed E-state index contributed by atoms with van der Waals surface area (Å²) in [7, 11) is 0. The normalized spacial score (nSPS) is 16.2. The molecule has 0 bridgehead atoms. The summed E-state index contributed by atoms with van der Waals surface area (Å²) in [4.78, 5) is 14.8. The summed E-state index contributed by atoms with van der Waals surface area (Å²) in [6, 6.07) is 18.2. The number of anilines is 1. The van der Waals surface area contributed by atoms with Crippen molar-refractivity contribution in [3.63, 3.8) is 0 Å². The van der Waals surface area contributed by atoms with Crippen molar-refractivity contribution in [2.45, 2.75) is 19.4 Å². The van der Waals surface area contributed by atoms with E-state index in [0.29, 0.717) is 0 Å². The Labute approximate surface area is 145 Å². The van der Waals surface area contributed by atoms with Crippen LogP contribution in [0.15, 0.2) is 59.1 Å². The Morgan fingerprint density at radius 2 is 1.70 bits per heavy atom. The standard InChI is InChI=1S/C19H21BrN2O/c20-17-8-6-15(7-9-17)14-22-12-10-16(11-13-22)19(23)21-18-4-2-1-3-5-18/h1-9,16H,10-14H2,(H,21,23). The highest BCUT2D eigenvalue weighted by Gasteiger charge is 2.24. The van der Waals surface area contributed by atoms with Crippen LogP contribution in [0.3, 0.4) is 0 Å². The van der Waals surface area contributed by atoms with Crippen molar-refractivity contribution in [1.82, 2.24) is 4.90 Å². The second-order valence-electron chi connectivity index (χ2n) is 6.03. The molecule has 4 heteroatoms. The van der Waals surface area contributed by atoms with Gasteiger partial charge in [-0.25, -0.2) is 0 Å². The number of carbonyl (C=O) groups is 1. The van der Waals surface area contributed by atoms with Gasteiger partial charge in [-0.3, -0.25) is 9.69 Å². The smallest absolute Gasteiger partial charge is 0.227 e. The third-order valence-electron chi connectivity index (χ3n) is 4.32. The fourth-order valence-electron chi connectivity index (χ4n) is 2.97. The lowest BCUT2D eigenvalue weighted by atomic mass is 9.95. The summed E-state index contributed by atoms with van der Waals surface area (Å²) < 4.78 is 1.11. The predicted octanol–water partition coefficient (Wildman–Crippen LogP) is 4.30. The molecule has 1 saturated heterocycles. The quantitative estimate of drug-likeness (QED) is 0.867. The Kier molecular flexibility index (Phi) is 5.47. The Morgan fingerprint density at radius 1 is 1.04 bits per heavy atom. The lowest BCUT2D eigenvalue weighted by Crippen LogP contribution is -2.37. The highest BCUT2D eigenvalue weighted by Crippen LogP contribution is 2.21. The molecular weight excluding hydrogens is 352 g/mol. The molecule has 0 saturated carbocycles. The monoisotopic (exact) mass is 372 g/mol. The van der Waals surface area contributed by atoms with Crippen LogP contribution in [-0.4, -0.2) is 23.9 Å². The van der Waals surface area contributed by atoms with E-state index in [1.54, 1.807) is 0 Å². The van der Waals surface area contributed by atoms with Crippen molar-refractivity contribution >= 4 is 27.5 Å². The molecule has 23 heavy (non-hydrogen) atoms. The number of halogens is 1. The fourth-order valence-corrected chi connectivity index (χ4v) is 3.23. The van der Waals surface area contributed by atoms with Gasteiger partial charge in [-0.2, -0.15) is 0 Å². The van der Waals surface area contributed by atoms with Gasteiger partial charge in [-0.1, -0.05) is 46.3 Å². The van der Waals surface area contributed by atoms with E-state index in [1.165, 1.54) is 5.56 Å². The minimum Gasteiger partial charge on any atom is -0.326 e. The average Bonchev–Trinajstić information content (AvgIpc) is 2.58. The number of rotatable bonds is 4. The number of likely N-dealkylation sites (tertiary alicyclic amines) is 1. The summed E-state index contributed by atoms with van der Waals surface area (Å²) in [5, 5.41) is 3.02. The van der Waals surface area contributed by atoms with Crippen LogP contribution in [0, 0.1) is 5.92 Å². The average molecular weight is 373 g/mol. The molecule has 0 spiro atoms. The van der Waals surface area contributed by atoms with Crippen LogP contribution >= 0.6 is 15.9 Å². The highest BCUT2D eigenvalue weighted by molar-refractivity contribution is 9.10. The fraction of sp³-hybridized carbons (Fsp3) is 0.316. The van der Waals surface area contributed by atoms with Crippen molar-refractivity contribution in [1.29, 1.82) is 0 Å². The molecule has 1 aliphatic rings. The topological polar surface area (TPSA) is 32.3 Å². The van der Waals surface area contributed by atoms with Crippen molar-refractivity contribution < 1.29 is 4.79 Å². The molecule has 1 heterocycles. The molecule has 2 aromatic rings. The molecule has 0 unspecified atom stereocenters. The minimum atomic E-state index is 0.122. The van der Waals surface area contributed by atoms with Gasteiger partial charge in [0.1, 0.15) is 0 Å². The number of nitrogens with one attached hydrogen (secondary N) is 1. The second-order valence-corrected chi connectivity index (χ2v) is 6.95. The first kappa shape index (κ1) is 16.2. The van der Waals surface area contributed by atoms with Gasteiger partial charge in [-0.15, -0.1) is 0 Å². The number of piperidine rings is 1. The molecular formula is C19H21BrN2O. The predicted molar refractivity (Wildman–Crippen MR) is 97.2 cm³/mol. The Bertz CT molecular complexity index is 634. The van der Waals surface area contributed by atoms with Crippen LogP contribution in [-0.2, 0) is 11.3 Å². The van der Waals surface area contributed by atoms with Crippen molar-refractivity contribution in [2.24, 2.45) is 5.92 Å². The second kappa shape index (κ2) is 7.75. The van der Waals surface area contributed by atoms with Crippen LogP contribution in [0.2, 0.25) is 0 Å². The highest BCUT2D eigenvalue weighted by atomic mass is 79.9. The van der Waals surface area contributed by atoms with E-state index in [0.717, 1.165) is 42.6 Å². The van der Waals surface area contributed by atoms with Gasteiger partial charge < -0.3 is 5.32 Å². The van der Waals surface area contributed by atoms with E-state index in [2.05, 4.69) is 50.4 Å². The first-order chi connectivity index (χ1) is 11.2. The molecule has 2 aromatic carbocycles. The Balaban J connectivity index is 1.48. The number of para-hydroxylation sites is 1. The number of nitrogens with zero attached hydrogens (tertiary/aromatic N) is 1. The van der Waals surface area contributed by atoms with Gasteiger partial charge in [0.25, 0.3) is 0 Å². The zero-order valence-corrected chi connectivity index (χ0v) is 14.6. The minimum absolute atomic E-state index is 0.122. The summed E-state index contributed by atoms with van der Waals surface area (Å²) in [5.74, 6) is 0.274. The lowest BCUT2D eigenvalue weighted by Gasteiger charge is -2.31. The lowest BCUT2D eigenvalue weighted by molar-refractivity contribution is -0.121. The number of amides is 1. The van der Waals surface area contributed by atoms with Gasteiger partial charge in [0, 0.05) is 22.6 Å². The van der Waals surface area contributed by atoms with Crippen LogP contribution in [0.25, 0.3) is 0 Å². The van der Waals surface area contributed by atoms with Gasteiger partial charge in [0.2, 0.25) is 5.91 Å². The van der Waals surface area contributed by atoms with Crippen LogP contribution in [0.5, 0.6) is 0 Å². The third kappa shape index (κ3) is 4.66. The van der Waals surface area contributed by atoms with Crippen molar-refractivity contribution in [2.75, 3.05) is 18.4 Å². The maximum atomic E-state index is 12.3. The van der Waals surface area contributed by atoms with E-state index < -0.39 is 0 Å². The zero-order valence-electron chi connectivity index (χ0n) is 13.0. The summed E-state index contributed by atoms with van der Waals surface area (Å²) in [5.41, 5.74) is 2.20. The first-order valence-electron chi connectivity index (χ1n) is 8.03. The summed E-state index contributed by atoms with van der Waals surface area (Å²) in [6.45, 7) is 2.91. The summed E-state index contributed by atoms with van der Waals surface area (Å²) in [6.07, 6.45) is 1.85. The van der Waals surface area contributed by atoms with Gasteiger partial charge in [-0.05, 0) is 55.8 Å². The van der Waals surface area contributed by atoms with E-state index in [9.17, 15) is 4.79 Å². The van der Waals surface area contributed by atoms with Crippen LogP contribution in [0.1, 0.15) is 18.4 Å². The molecule has 0 radical (unpaired) electrons.